The second-order valence-electron chi connectivity index (χ2n) is 9.88. The number of hydrogen-bond acceptors (Lipinski definition) is 7. The summed E-state index contributed by atoms with van der Waals surface area (Å²) in [5.41, 5.74) is 2.66. The van der Waals surface area contributed by atoms with Crippen molar-refractivity contribution < 1.29 is 9.53 Å². The fourth-order valence-electron chi connectivity index (χ4n) is 4.17. The quantitative estimate of drug-likeness (QED) is 0.373. The third-order valence-corrected chi connectivity index (χ3v) is 7.33. The molecule has 9 heteroatoms. The highest BCUT2D eigenvalue weighted by Gasteiger charge is 2.26. The van der Waals surface area contributed by atoms with Crippen molar-refractivity contribution in [2.45, 2.75) is 40.0 Å². The Morgan fingerprint density at radius 3 is 2.42 bits per heavy atom. The Labute approximate surface area is 216 Å². The zero-order chi connectivity index (χ0) is 26.2. The maximum absolute atomic E-state index is 13.1. The number of hydrogen-bond donors (Lipinski definition) is 0. The molecule has 0 bridgehead atoms. The molecule has 0 spiro atoms. The van der Waals surface area contributed by atoms with Gasteiger partial charge in [0.2, 0.25) is 0 Å². The molecule has 8 nitrogen and oxygen atoms in total. The maximum atomic E-state index is 13.1. The Hall–Kier alpha value is -3.46. The van der Waals surface area contributed by atoms with Crippen LogP contribution in [-0.2, 0) is 5.41 Å². The van der Waals surface area contributed by atoms with Crippen LogP contribution < -0.4 is 14.9 Å². The molecule has 190 valence electrons. The zero-order valence-electron chi connectivity index (χ0n) is 22.3. The van der Waals surface area contributed by atoms with Gasteiger partial charge >= 0.3 is 0 Å². The second-order valence-corrected chi connectivity index (χ2v) is 11.0. The minimum atomic E-state index is -0.212. The molecule has 0 aliphatic rings. The fraction of sp³-hybridized carbons (Fsp3) is 0.407. The van der Waals surface area contributed by atoms with Crippen molar-refractivity contribution in [1.29, 1.82) is 0 Å². The van der Waals surface area contributed by atoms with Crippen LogP contribution in [0.2, 0.25) is 0 Å². The molecule has 1 aromatic carbocycles. The fourth-order valence-corrected chi connectivity index (χ4v) is 5.04. The molecule has 0 atom stereocenters. The van der Waals surface area contributed by atoms with E-state index in [-0.39, 0.29) is 11.3 Å². The van der Waals surface area contributed by atoms with Crippen LogP contribution >= 0.6 is 11.3 Å². The van der Waals surface area contributed by atoms with Crippen LogP contribution in [0.4, 0.5) is 5.00 Å². The molecule has 0 radical (unpaired) electrons. The summed E-state index contributed by atoms with van der Waals surface area (Å²) < 4.78 is 7.42. The topological polar surface area (TPSA) is 75.9 Å². The predicted octanol–water partition coefficient (Wildman–Crippen LogP) is 4.25. The van der Waals surface area contributed by atoms with Crippen LogP contribution in [0.3, 0.4) is 0 Å². The molecular formula is C27H34N6O2S. The van der Waals surface area contributed by atoms with Crippen LogP contribution in [0.25, 0.3) is 23.1 Å². The summed E-state index contributed by atoms with van der Waals surface area (Å²) in [5.74, 6) is 1.13. The van der Waals surface area contributed by atoms with E-state index >= 15 is 0 Å². The summed E-state index contributed by atoms with van der Waals surface area (Å²) in [5, 5.41) is 16.1. The van der Waals surface area contributed by atoms with Gasteiger partial charge in [0.15, 0.2) is 11.5 Å². The molecular weight excluding hydrogens is 472 g/mol. The van der Waals surface area contributed by atoms with Crippen molar-refractivity contribution in [3.05, 3.63) is 51.7 Å². The van der Waals surface area contributed by atoms with Gasteiger partial charge in [-0.3, -0.25) is 4.79 Å². The first kappa shape index (κ1) is 25.6. The van der Waals surface area contributed by atoms with Gasteiger partial charge < -0.3 is 14.5 Å². The lowest BCUT2D eigenvalue weighted by Gasteiger charge is -2.19. The Bertz CT molecular complexity index is 1440. The monoisotopic (exact) mass is 506 g/mol. The lowest BCUT2D eigenvalue weighted by molar-refractivity contribution is 0.0773. The second kappa shape index (κ2) is 9.89. The average molecular weight is 507 g/mol. The first-order valence-corrected chi connectivity index (χ1v) is 12.9. The number of anilines is 1. The summed E-state index contributed by atoms with van der Waals surface area (Å²) in [6.07, 6.45) is 2.14. The lowest BCUT2D eigenvalue weighted by Crippen LogP contribution is -2.30. The minimum absolute atomic E-state index is 0.0288. The standard InChI is InChI=1S/C27H34N6O2S/c1-9-32(10-2)26(34)17-11-13-21(35-8)19(15-17)24-28-29-25-20(23(27(3,4)5)30-33(24)25)16-18-12-14-22(36-18)31(6)7/h11-16H,9-10H2,1-8H3/b20-16-. The van der Waals surface area contributed by atoms with Crippen LogP contribution in [0.5, 0.6) is 5.75 Å². The van der Waals surface area contributed by atoms with Crippen LogP contribution in [-0.4, -0.2) is 64.9 Å². The van der Waals surface area contributed by atoms with Gasteiger partial charge in [-0.05, 0) is 50.3 Å². The molecule has 1 amide bonds. The van der Waals surface area contributed by atoms with Gasteiger partial charge in [-0.2, -0.15) is 9.61 Å². The number of ether oxygens (including phenoxy) is 1. The van der Waals surface area contributed by atoms with E-state index in [2.05, 4.69) is 54.1 Å². The van der Waals surface area contributed by atoms with E-state index in [0.29, 0.717) is 41.4 Å². The summed E-state index contributed by atoms with van der Waals surface area (Å²) >= 11 is 1.71. The van der Waals surface area contributed by atoms with Crippen molar-refractivity contribution in [2.24, 2.45) is 0 Å². The summed E-state index contributed by atoms with van der Waals surface area (Å²) in [7, 11) is 5.69. The van der Waals surface area contributed by atoms with E-state index in [4.69, 9.17) is 9.84 Å². The van der Waals surface area contributed by atoms with E-state index in [9.17, 15) is 4.79 Å². The highest BCUT2D eigenvalue weighted by molar-refractivity contribution is 7.16. The van der Waals surface area contributed by atoms with Gasteiger partial charge in [0, 0.05) is 48.3 Å². The molecule has 0 N–H and O–H groups in total. The Morgan fingerprint density at radius 2 is 1.83 bits per heavy atom. The summed E-state index contributed by atoms with van der Waals surface area (Å²) in [6, 6.07) is 9.64. The number of aromatic nitrogens is 4. The van der Waals surface area contributed by atoms with Crippen LogP contribution in [0.1, 0.15) is 55.5 Å². The van der Waals surface area contributed by atoms with Gasteiger partial charge in [-0.25, -0.2) is 0 Å². The highest BCUT2D eigenvalue weighted by Crippen LogP contribution is 2.31. The van der Waals surface area contributed by atoms with Crippen LogP contribution in [0.15, 0.2) is 30.3 Å². The number of carbonyl (C=O) groups is 1. The molecule has 3 aromatic heterocycles. The number of amides is 1. The van der Waals surface area contributed by atoms with Crippen molar-refractivity contribution in [3.8, 4) is 17.1 Å². The molecule has 0 aliphatic heterocycles. The van der Waals surface area contributed by atoms with Gasteiger partial charge in [-0.15, -0.1) is 21.5 Å². The summed E-state index contributed by atoms with van der Waals surface area (Å²) in [4.78, 5) is 18.1. The van der Waals surface area contributed by atoms with E-state index in [1.165, 1.54) is 5.00 Å². The third-order valence-electron chi connectivity index (χ3n) is 6.13. The van der Waals surface area contributed by atoms with Crippen molar-refractivity contribution in [2.75, 3.05) is 39.2 Å². The Balaban J connectivity index is 1.92. The molecule has 0 aliphatic carbocycles. The first-order valence-electron chi connectivity index (χ1n) is 12.1. The van der Waals surface area contributed by atoms with E-state index in [1.807, 2.05) is 40.1 Å². The molecule has 0 saturated carbocycles. The Kier molecular flexibility index (Phi) is 7.04. The first-order chi connectivity index (χ1) is 17.1. The molecule has 0 unspecified atom stereocenters. The number of thiophene rings is 1. The Morgan fingerprint density at radius 1 is 1.11 bits per heavy atom. The number of fused-ring (bicyclic) bond motifs is 1. The maximum Gasteiger partial charge on any atom is 0.253 e. The number of rotatable bonds is 7. The molecule has 3 heterocycles. The van der Waals surface area contributed by atoms with E-state index < -0.39 is 0 Å². The van der Waals surface area contributed by atoms with Crippen molar-refractivity contribution >= 4 is 34.0 Å². The minimum Gasteiger partial charge on any atom is -0.496 e. The summed E-state index contributed by atoms with van der Waals surface area (Å²) in [6.45, 7) is 11.7. The molecule has 0 saturated heterocycles. The molecule has 4 aromatic rings. The lowest BCUT2D eigenvalue weighted by atomic mass is 9.91. The zero-order valence-corrected chi connectivity index (χ0v) is 23.1. The number of benzene rings is 1. The van der Waals surface area contributed by atoms with E-state index in [0.717, 1.165) is 15.8 Å². The SMILES string of the molecule is CCN(CC)C(=O)c1ccc(OC)c(-c2nnc3/c(=C\c4ccc(N(C)C)s4)c(C(C)(C)C)nn23)c1. The predicted molar refractivity (Wildman–Crippen MR) is 146 cm³/mol. The van der Waals surface area contributed by atoms with Gasteiger partial charge in [0.25, 0.3) is 5.91 Å². The van der Waals surface area contributed by atoms with Gasteiger partial charge in [0.05, 0.1) is 23.4 Å². The smallest absolute Gasteiger partial charge is 0.253 e. The van der Waals surface area contributed by atoms with Crippen LogP contribution in [0, 0.1) is 0 Å². The number of carbonyl (C=O) groups excluding carboxylic acids is 1. The molecule has 36 heavy (non-hydrogen) atoms. The highest BCUT2D eigenvalue weighted by atomic mass is 32.1. The molecule has 4 rings (SSSR count). The van der Waals surface area contributed by atoms with E-state index in [1.54, 1.807) is 33.9 Å². The normalized spacial score (nSPS) is 12.4. The third kappa shape index (κ3) is 4.67. The molecule has 0 fully saturated rings. The van der Waals surface area contributed by atoms with Gasteiger partial charge in [-0.1, -0.05) is 20.8 Å². The largest absolute Gasteiger partial charge is 0.496 e. The van der Waals surface area contributed by atoms with Crippen molar-refractivity contribution in [3.63, 3.8) is 0 Å². The number of methoxy groups -OCH3 is 1. The van der Waals surface area contributed by atoms with Crippen molar-refractivity contribution in [1.82, 2.24) is 24.7 Å². The number of nitrogens with zero attached hydrogens (tertiary/aromatic N) is 6. The average Bonchev–Trinajstić information content (AvgIpc) is 3.55. The van der Waals surface area contributed by atoms with Gasteiger partial charge in [0.1, 0.15) is 5.75 Å².